The molecule has 0 aliphatic heterocycles. The minimum atomic E-state index is -0.263. The Kier molecular flexibility index (Phi) is 6.25. The quantitative estimate of drug-likeness (QED) is 0.638. The predicted octanol–water partition coefficient (Wildman–Crippen LogP) is 3.72. The first-order valence-corrected chi connectivity index (χ1v) is 8.54. The Morgan fingerprint density at radius 2 is 1.78 bits per heavy atom. The lowest BCUT2D eigenvalue weighted by Gasteiger charge is -2.11. The van der Waals surface area contributed by atoms with Crippen LogP contribution < -0.4 is 20.1 Å². The molecule has 138 valence electrons. The number of benzene rings is 2. The summed E-state index contributed by atoms with van der Waals surface area (Å²) in [7, 11) is 1.65. The van der Waals surface area contributed by atoms with Crippen LogP contribution in [0.5, 0.6) is 11.5 Å². The number of ether oxygens (including phenoxy) is 2. The average Bonchev–Trinajstić information content (AvgIpc) is 2.73. The van der Waals surface area contributed by atoms with Gasteiger partial charge in [0.05, 0.1) is 19.0 Å². The van der Waals surface area contributed by atoms with Crippen LogP contribution in [0.25, 0.3) is 0 Å². The molecular weight excluding hydrogens is 342 g/mol. The molecular formula is C21H21N3O3. The van der Waals surface area contributed by atoms with Gasteiger partial charge in [0.25, 0.3) is 5.91 Å². The van der Waals surface area contributed by atoms with Gasteiger partial charge in [-0.2, -0.15) is 0 Å². The molecule has 6 nitrogen and oxygen atoms in total. The highest BCUT2D eigenvalue weighted by Crippen LogP contribution is 2.19. The number of hydrogen-bond donors (Lipinski definition) is 2. The van der Waals surface area contributed by atoms with Crippen molar-refractivity contribution in [3.8, 4) is 11.5 Å². The van der Waals surface area contributed by atoms with E-state index in [1.54, 1.807) is 31.5 Å². The van der Waals surface area contributed by atoms with Crippen LogP contribution in [0.3, 0.4) is 0 Å². The van der Waals surface area contributed by atoms with Crippen molar-refractivity contribution in [2.24, 2.45) is 0 Å². The first-order chi connectivity index (χ1) is 13.2. The summed E-state index contributed by atoms with van der Waals surface area (Å²) in [5, 5.41) is 5.99. The molecule has 0 aliphatic rings. The van der Waals surface area contributed by atoms with Crippen LogP contribution in [-0.2, 0) is 11.3 Å². The SMILES string of the molecule is COc1ccccc1CNc1ccc(NC(=O)COc2ccccc2)nc1. The van der Waals surface area contributed by atoms with Crippen LogP contribution >= 0.6 is 0 Å². The van der Waals surface area contributed by atoms with Gasteiger partial charge in [0.2, 0.25) is 0 Å². The third-order valence-electron chi connectivity index (χ3n) is 3.82. The van der Waals surface area contributed by atoms with Crippen LogP contribution in [0.4, 0.5) is 11.5 Å². The zero-order chi connectivity index (χ0) is 18.9. The highest BCUT2D eigenvalue weighted by Gasteiger charge is 2.05. The van der Waals surface area contributed by atoms with Crippen LogP contribution in [0.1, 0.15) is 5.56 Å². The number of aromatic nitrogens is 1. The van der Waals surface area contributed by atoms with E-state index in [4.69, 9.17) is 9.47 Å². The number of pyridine rings is 1. The summed E-state index contributed by atoms with van der Waals surface area (Å²) in [6.45, 7) is 0.543. The maximum atomic E-state index is 11.9. The fourth-order valence-electron chi connectivity index (χ4n) is 2.46. The molecule has 6 heteroatoms. The molecule has 0 saturated heterocycles. The Morgan fingerprint density at radius 3 is 2.52 bits per heavy atom. The molecule has 2 aromatic carbocycles. The van der Waals surface area contributed by atoms with E-state index >= 15 is 0 Å². The summed E-state index contributed by atoms with van der Waals surface area (Å²) in [4.78, 5) is 16.2. The second-order valence-corrected chi connectivity index (χ2v) is 5.75. The molecule has 0 bridgehead atoms. The van der Waals surface area contributed by atoms with Crippen molar-refractivity contribution < 1.29 is 14.3 Å². The van der Waals surface area contributed by atoms with E-state index in [2.05, 4.69) is 15.6 Å². The number of amides is 1. The van der Waals surface area contributed by atoms with Crippen molar-refractivity contribution in [1.82, 2.24) is 4.98 Å². The monoisotopic (exact) mass is 363 g/mol. The zero-order valence-corrected chi connectivity index (χ0v) is 15.0. The smallest absolute Gasteiger partial charge is 0.263 e. The van der Waals surface area contributed by atoms with Crippen LogP contribution in [0.15, 0.2) is 72.9 Å². The van der Waals surface area contributed by atoms with Gasteiger partial charge in [0.15, 0.2) is 6.61 Å². The number of rotatable bonds is 8. The average molecular weight is 363 g/mol. The van der Waals surface area contributed by atoms with Gasteiger partial charge in [-0.25, -0.2) is 4.98 Å². The normalized spacial score (nSPS) is 10.1. The summed E-state index contributed by atoms with van der Waals surface area (Å²) in [5.74, 6) is 1.69. The Bertz CT molecular complexity index is 867. The van der Waals surface area contributed by atoms with Crippen molar-refractivity contribution in [2.45, 2.75) is 6.54 Å². The van der Waals surface area contributed by atoms with Gasteiger partial charge < -0.3 is 20.1 Å². The lowest BCUT2D eigenvalue weighted by molar-refractivity contribution is -0.118. The van der Waals surface area contributed by atoms with E-state index in [9.17, 15) is 4.79 Å². The molecule has 0 aliphatic carbocycles. The number of anilines is 2. The minimum Gasteiger partial charge on any atom is -0.496 e. The molecule has 0 radical (unpaired) electrons. The number of hydrogen-bond acceptors (Lipinski definition) is 5. The van der Waals surface area contributed by atoms with Crippen molar-refractivity contribution in [3.63, 3.8) is 0 Å². The zero-order valence-electron chi connectivity index (χ0n) is 15.0. The number of carbonyl (C=O) groups excluding carboxylic acids is 1. The van der Waals surface area contributed by atoms with E-state index in [0.29, 0.717) is 18.1 Å². The largest absolute Gasteiger partial charge is 0.496 e. The van der Waals surface area contributed by atoms with Gasteiger partial charge in [-0.1, -0.05) is 36.4 Å². The Balaban J connectivity index is 1.49. The summed E-state index contributed by atoms with van der Waals surface area (Å²) < 4.78 is 10.7. The van der Waals surface area contributed by atoms with Crippen molar-refractivity contribution >= 4 is 17.4 Å². The summed E-state index contributed by atoms with van der Waals surface area (Å²) in [6.07, 6.45) is 1.67. The van der Waals surface area contributed by atoms with Crippen LogP contribution in [0, 0.1) is 0 Å². The van der Waals surface area contributed by atoms with Gasteiger partial charge in [-0.05, 0) is 30.3 Å². The number of nitrogens with one attached hydrogen (secondary N) is 2. The highest BCUT2D eigenvalue weighted by molar-refractivity contribution is 5.91. The lowest BCUT2D eigenvalue weighted by atomic mass is 10.2. The molecule has 1 amide bonds. The molecule has 2 N–H and O–H groups in total. The van der Waals surface area contributed by atoms with E-state index < -0.39 is 0 Å². The molecule has 0 atom stereocenters. The van der Waals surface area contributed by atoms with Crippen molar-refractivity contribution in [1.29, 1.82) is 0 Å². The van der Waals surface area contributed by atoms with Gasteiger partial charge in [-0.3, -0.25) is 4.79 Å². The van der Waals surface area contributed by atoms with E-state index in [1.807, 2.05) is 48.5 Å². The molecule has 1 heterocycles. The second kappa shape index (κ2) is 9.24. The van der Waals surface area contributed by atoms with Crippen molar-refractivity contribution in [2.75, 3.05) is 24.4 Å². The van der Waals surface area contributed by atoms with E-state index in [1.165, 1.54) is 0 Å². The molecule has 27 heavy (non-hydrogen) atoms. The molecule has 0 spiro atoms. The predicted molar refractivity (Wildman–Crippen MR) is 105 cm³/mol. The Morgan fingerprint density at radius 1 is 1.00 bits per heavy atom. The Hall–Kier alpha value is -3.54. The molecule has 0 saturated carbocycles. The van der Waals surface area contributed by atoms with Crippen molar-refractivity contribution in [3.05, 3.63) is 78.5 Å². The number of carbonyl (C=O) groups is 1. The third-order valence-corrected chi connectivity index (χ3v) is 3.82. The number of nitrogens with zero attached hydrogens (tertiary/aromatic N) is 1. The highest BCUT2D eigenvalue weighted by atomic mass is 16.5. The standard InChI is InChI=1S/C21H21N3O3/c1-26-19-10-6-5-7-16(19)13-22-17-11-12-20(23-14-17)24-21(25)15-27-18-8-3-2-4-9-18/h2-12,14,22H,13,15H2,1H3,(H,23,24,25). The van der Waals surface area contributed by atoms with Gasteiger partial charge >= 0.3 is 0 Å². The molecule has 0 unspecified atom stereocenters. The molecule has 0 fully saturated rings. The van der Waals surface area contributed by atoms with Crippen LogP contribution in [-0.4, -0.2) is 24.6 Å². The Labute approximate surface area is 158 Å². The van der Waals surface area contributed by atoms with Gasteiger partial charge in [0, 0.05) is 12.1 Å². The number of para-hydroxylation sites is 2. The fraction of sp³-hybridized carbons (Fsp3) is 0.143. The molecule has 3 rings (SSSR count). The van der Waals surface area contributed by atoms with E-state index in [0.717, 1.165) is 17.0 Å². The molecule has 3 aromatic rings. The summed E-state index contributed by atoms with van der Waals surface area (Å²) in [6, 6.07) is 20.6. The van der Waals surface area contributed by atoms with Gasteiger partial charge in [-0.15, -0.1) is 0 Å². The minimum absolute atomic E-state index is 0.0699. The second-order valence-electron chi connectivity index (χ2n) is 5.75. The molecule has 1 aromatic heterocycles. The van der Waals surface area contributed by atoms with Crippen LogP contribution in [0.2, 0.25) is 0 Å². The summed E-state index contributed by atoms with van der Waals surface area (Å²) >= 11 is 0. The third kappa shape index (κ3) is 5.47. The van der Waals surface area contributed by atoms with Gasteiger partial charge in [0.1, 0.15) is 17.3 Å². The maximum absolute atomic E-state index is 11.9. The maximum Gasteiger partial charge on any atom is 0.263 e. The van der Waals surface area contributed by atoms with E-state index in [-0.39, 0.29) is 12.5 Å². The lowest BCUT2D eigenvalue weighted by Crippen LogP contribution is -2.20. The number of methoxy groups -OCH3 is 1. The first-order valence-electron chi connectivity index (χ1n) is 8.54. The fourth-order valence-corrected chi connectivity index (χ4v) is 2.46. The first kappa shape index (κ1) is 18.3. The summed E-state index contributed by atoms with van der Waals surface area (Å²) in [5.41, 5.74) is 1.90. The topological polar surface area (TPSA) is 72.5 Å².